The average Bonchev–Trinajstić information content (AvgIpc) is 3.11. The summed E-state index contributed by atoms with van der Waals surface area (Å²) in [5.74, 6) is 1.73. The van der Waals surface area contributed by atoms with Gasteiger partial charge in [-0.15, -0.1) is 11.3 Å². The number of nitrogens with zero attached hydrogens (tertiary/aromatic N) is 1. The van der Waals surface area contributed by atoms with Gasteiger partial charge in [-0.25, -0.2) is 4.98 Å². The van der Waals surface area contributed by atoms with E-state index in [4.69, 9.17) is 0 Å². The Hall–Kier alpha value is -0.900. The zero-order valence-corrected chi connectivity index (χ0v) is 11.6. The van der Waals surface area contributed by atoms with Crippen LogP contribution in [0.1, 0.15) is 57.1 Å². The van der Waals surface area contributed by atoms with Crippen LogP contribution in [0.25, 0.3) is 0 Å². The molecule has 0 bridgehead atoms. The standard InChI is InChI=1S/C14H20N2OS/c1-9-3-2-4-11(7-9)13(17)16-14-15-12(8-18-14)10-5-6-10/h8-11H,2-7H2,1H3,(H,15,16,17)/t9-,11+/m1/s1. The Morgan fingerprint density at radius 2 is 2.22 bits per heavy atom. The van der Waals surface area contributed by atoms with Crippen molar-refractivity contribution in [1.82, 2.24) is 4.98 Å². The third-order valence-electron chi connectivity index (χ3n) is 4.05. The number of carbonyl (C=O) groups is 1. The lowest BCUT2D eigenvalue weighted by Crippen LogP contribution is -2.27. The van der Waals surface area contributed by atoms with E-state index in [9.17, 15) is 4.79 Å². The number of nitrogens with one attached hydrogen (secondary N) is 1. The molecule has 2 atom stereocenters. The number of carbonyl (C=O) groups excluding carboxylic acids is 1. The Balaban J connectivity index is 1.58. The third-order valence-corrected chi connectivity index (χ3v) is 4.83. The summed E-state index contributed by atoms with van der Waals surface area (Å²) in [6.45, 7) is 2.24. The van der Waals surface area contributed by atoms with Gasteiger partial charge in [-0.1, -0.05) is 19.8 Å². The zero-order valence-electron chi connectivity index (χ0n) is 10.8. The number of thiazole rings is 1. The first-order valence-electron chi connectivity index (χ1n) is 6.98. The molecular weight excluding hydrogens is 244 g/mol. The fraction of sp³-hybridized carbons (Fsp3) is 0.714. The van der Waals surface area contributed by atoms with E-state index >= 15 is 0 Å². The van der Waals surface area contributed by atoms with E-state index in [0.717, 1.165) is 18.0 Å². The minimum Gasteiger partial charge on any atom is -0.302 e. The van der Waals surface area contributed by atoms with E-state index in [1.165, 1.54) is 31.4 Å². The lowest BCUT2D eigenvalue weighted by atomic mass is 9.82. The molecule has 2 saturated carbocycles. The third kappa shape index (κ3) is 2.74. The zero-order chi connectivity index (χ0) is 12.5. The van der Waals surface area contributed by atoms with Gasteiger partial charge in [0.15, 0.2) is 5.13 Å². The van der Waals surface area contributed by atoms with E-state index < -0.39 is 0 Å². The summed E-state index contributed by atoms with van der Waals surface area (Å²) in [5, 5.41) is 5.89. The van der Waals surface area contributed by atoms with Crippen LogP contribution in [0.5, 0.6) is 0 Å². The minimum absolute atomic E-state index is 0.179. The molecule has 1 heterocycles. The molecule has 2 aliphatic carbocycles. The molecule has 0 aromatic carbocycles. The van der Waals surface area contributed by atoms with E-state index in [0.29, 0.717) is 11.8 Å². The van der Waals surface area contributed by atoms with Crippen molar-refractivity contribution in [2.45, 2.75) is 51.4 Å². The number of hydrogen-bond donors (Lipinski definition) is 1. The van der Waals surface area contributed by atoms with Crippen molar-refractivity contribution in [3.8, 4) is 0 Å². The molecule has 3 rings (SSSR count). The maximum Gasteiger partial charge on any atom is 0.229 e. The van der Waals surface area contributed by atoms with Crippen molar-refractivity contribution in [3.05, 3.63) is 11.1 Å². The van der Waals surface area contributed by atoms with Crippen LogP contribution >= 0.6 is 11.3 Å². The molecule has 2 aliphatic rings. The number of aromatic nitrogens is 1. The predicted octanol–water partition coefficient (Wildman–Crippen LogP) is 3.79. The van der Waals surface area contributed by atoms with Crippen molar-refractivity contribution in [3.63, 3.8) is 0 Å². The summed E-state index contributed by atoms with van der Waals surface area (Å²) in [5.41, 5.74) is 1.17. The van der Waals surface area contributed by atoms with E-state index in [-0.39, 0.29) is 11.8 Å². The average molecular weight is 264 g/mol. The molecule has 2 fully saturated rings. The first-order chi connectivity index (χ1) is 8.72. The topological polar surface area (TPSA) is 42.0 Å². The van der Waals surface area contributed by atoms with Crippen LogP contribution < -0.4 is 5.32 Å². The molecular formula is C14H20N2OS. The highest BCUT2D eigenvalue weighted by atomic mass is 32.1. The van der Waals surface area contributed by atoms with Crippen LogP contribution in [0.15, 0.2) is 5.38 Å². The molecule has 4 heteroatoms. The molecule has 1 aromatic heterocycles. The molecule has 3 nitrogen and oxygen atoms in total. The van der Waals surface area contributed by atoms with Gasteiger partial charge in [0.1, 0.15) is 0 Å². The van der Waals surface area contributed by atoms with Crippen LogP contribution in [0.4, 0.5) is 5.13 Å². The Bertz CT molecular complexity index is 439. The number of amides is 1. The second kappa shape index (κ2) is 5.00. The van der Waals surface area contributed by atoms with Crippen molar-refractivity contribution in [2.24, 2.45) is 11.8 Å². The van der Waals surface area contributed by atoms with E-state index in [1.54, 1.807) is 11.3 Å². The van der Waals surface area contributed by atoms with E-state index in [2.05, 4.69) is 22.6 Å². The monoisotopic (exact) mass is 264 g/mol. The van der Waals surface area contributed by atoms with Crippen LogP contribution in [-0.4, -0.2) is 10.9 Å². The van der Waals surface area contributed by atoms with Crippen molar-refractivity contribution < 1.29 is 4.79 Å². The fourth-order valence-corrected chi connectivity index (χ4v) is 3.59. The SMILES string of the molecule is C[C@@H]1CCC[C@H](C(=O)Nc2nc(C3CC3)cs2)C1. The van der Waals surface area contributed by atoms with E-state index in [1.807, 2.05) is 0 Å². The number of anilines is 1. The molecule has 1 N–H and O–H groups in total. The Labute approximate surface area is 112 Å². The quantitative estimate of drug-likeness (QED) is 0.902. The van der Waals surface area contributed by atoms with Gasteiger partial charge in [-0.2, -0.15) is 0 Å². The molecule has 0 saturated heterocycles. The van der Waals surface area contributed by atoms with Crippen molar-refractivity contribution >= 4 is 22.4 Å². The molecule has 18 heavy (non-hydrogen) atoms. The second-order valence-corrected chi connectivity index (χ2v) is 6.67. The molecule has 0 aliphatic heterocycles. The Morgan fingerprint density at radius 1 is 1.39 bits per heavy atom. The highest BCUT2D eigenvalue weighted by Crippen LogP contribution is 2.41. The smallest absolute Gasteiger partial charge is 0.229 e. The van der Waals surface area contributed by atoms with Gasteiger partial charge in [0.2, 0.25) is 5.91 Å². The summed E-state index contributed by atoms with van der Waals surface area (Å²) in [6.07, 6.45) is 7.05. The lowest BCUT2D eigenvalue weighted by Gasteiger charge is -2.25. The van der Waals surface area contributed by atoms with Gasteiger partial charge in [-0.3, -0.25) is 4.79 Å². The Kier molecular flexibility index (Phi) is 3.37. The normalized spacial score (nSPS) is 28.1. The Morgan fingerprint density at radius 3 is 2.94 bits per heavy atom. The number of rotatable bonds is 3. The van der Waals surface area contributed by atoms with Crippen LogP contribution in [-0.2, 0) is 4.79 Å². The summed E-state index contributed by atoms with van der Waals surface area (Å²) >= 11 is 1.57. The van der Waals surface area contributed by atoms with Gasteiger partial charge in [0.05, 0.1) is 5.69 Å². The maximum atomic E-state index is 12.2. The van der Waals surface area contributed by atoms with Gasteiger partial charge >= 0.3 is 0 Å². The van der Waals surface area contributed by atoms with Crippen LogP contribution in [0.2, 0.25) is 0 Å². The summed E-state index contributed by atoms with van der Waals surface area (Å²) in [7, 11) is 0. The molecule has 1 amide bonds. The van der Waals surface area contributed by atoms with Gasteiger partial charge < -0.3 is 5.32 Å². The lowest BCUT2D eigenvalue weighted by molar-refractivity contribution is -0.121. The van der Waals surface area contributed by atoms with Crippen molar-refractivity contribution in [2.75, 3.05) is 5.32 Å². The van der Waals surface area contributed by atoms with Crippen LogP contribution in [0, 0.1) is 11.8 Å². The summed E-state index contributed by atoms with van der Waals surface area (Å²) in [6, 6.07) is 0. The molecule has 98 valence electrons. The molecule has 1 aromatic rings. The first kappa shape index (κ1) is 12.2. The van der Waals surface area contributed by atoms with Gasteiger partial charge in [0, 0.05) is 17.2 Å². The highest BCUT2D eigenvalue weighted by molar-refractivity contribution is 7.13. The molecule has 0 unspecified atom stereocenters. The van der Waals surface area contributed by atoms with Gasteiger partial charge in [0.25, 0.3) is 0 Å². The molecule has 0 radical (unpaired) electrons. The number of hydrogen-bond acceptors (Lipinski definition) is 3. The minimum atomic E-state index is 0.179. The fourth-order valence-electron chi connectivity index (χ4n) is 2.79. The van der Waals surface area contributed by atoms with Crippen LogP contribution in [0.3, 0.4) is 0 Å². The second-order valence-electron chi connectivity index (χ2n) is 5.81. The highest BCUT2D eigenvalue weighted by Gasteiger charge is 2.28. The molecule has 0 spiro atoms. The van der Waals surface area contributed by atoms with Gasteiger partial charge in [-0.05, 0) is 31.6 Å². The summed E-state index contributed by atoms with van der Waals surface area (Å²) in [4.78, 5) is 16.7. The predicted molar refractivity (Wildman–Crippen MR) is 73.8 cm³/mol. The summed E-state index contributed by atoms with van der Waals surface area (Å²) < 4.78 is 0. The first-order valence-corrected chi connectivity index (χ1v) is 7.86. The largest absolute Gasteiger partial charge is 0.302 e. The van der Waals surface area contributed by atoms with Crippen molar-refractivity contribution in [1.29, 1.82) is 0 Å². The maximum absolute atomic E-state index is 12.2.